The van der Waals surface area contributed by atoms with Crippen molar-refractivity contribution < 1.29 is 14.7 Å². The van der Waals surface area contributed by atoms with Crippen LogP contribution in [0.5, 0.6) is 0 Å². The molecule has 1 amide bonds. The first-order valence-electron chi connectivity index (χ1n) is 11.1. The van der Waals surface area contributed by atoms with Crippen molar-refractivity contribution >= 4 is 57.0 Å². The van der Waals surface area contributed by atoms with E-state index in [0.717, 1.165) is 33.3 Å². The van der Waals surface area contributed by atoms with Crippen LogP contribution in [0.25, 0.3) is 33.8 Å². The third kappa shape index (κ3) is 4.89. The van der Waals surface area contributed by atoms with Crippen LogP contribution in [0.15, 0.2) is 83.9 Å². The van der Waals surface area contributed by atoms with E-state index in [0.29, 0.717) is 15.6 Å². The van der Waals surface area contributed by atoms with Crippen LogP contribution in [0.4, 0.5) is 0 Å². The average Bonchev–Trinajstić information content (AvgIpc) is 3.40. The number of benzene rings is 3. The molecule has 1 saturated heterocycles. The fraction of sp³-hybridized carbons (Fsp3) is 0.111. The lowest BCUT2D eigenvalue weighted by molar-refractivity contribution is -0.137. The number of carbonyl (C=O) groups is 2. The van der Waals surface area contributed by atoms with Crippen LogP contribution >= 0.6 is 24.0 Å². The molecule has 1 fully saturated rings. The monoisotopic (exact) mass is 499 g/mol. The number of carbonyl (C=O) groups excluding carboxylic acids is 1. The fourth-order valence-electron chi connectivity index (χ4n) is 3.99. The molecule has 3 aromatic carbocycles. The van der Waals surface area contributed by atoms with E-state index in [4.69, 9.17) is 22.4 Å². The van der Waals surface area contributed by atoms with Crippen LogP contribution in [0.2, 0.25) is 0 Å². The Kier molecular flexibility index (Phi) is 6.48. The third-order valence-electron chi connectivity index (χ3n) is 5.72. The second kappa shape index (κ2) is 9.85. The van der Waals surface area contributed by atoms with Gasteiger partial charge in [0.05, 0.1) is 10.6 Å². The van der Waals surface area contributed by atoms with Crippen LogP contribution in [-0.4, -0.2) is 42.5 Å². The third-order valence-corrected chi connectivity index (χ3v) is 7.10. The molecule has 174 valence electrons. The van der Waals surface area contributed by atoms with E-state index >= 15 is 0 Å². The molecule has 1 aliphatic heterocycles. The van der Waals surface area contributed by atoms with Gasteiger partial charge in [0.15, 0.2) is 0 Å². The highest BCUT2D eigenvalue weighted by molar-refractivity contribution is 8.26. The van der Waals surface area contributed by atoms with Gasteiger partial charge < -0.3 is 5.11 Å². The number of fused-ring (bicyclic) bond motifs is 1. The molecular weight excluding hydrogens is 478 g/mol. The molecule has 1 aliphatic rings. The largest absolute Gasteiger partial charge is 0.481 e. The van der Waals surface area contributed by atoms with Gasteiger partial charge in [-0.2, -0.15) is 5.10 Å². The van der Waals surface area contributed by atoms with Crippen LogP contribution in [0, 0.1) is 0 Å². The SMILES string of the molecule is O=C(O)CCCN1C(=O)C(=Cc2cn(-c3ccccc3)nc2-c2ccc3ccccc3c2)SC1=S. The first-order valence-corrected chi connectivity index (χ1v) is 12.3. The lowest BCUT2D eigenvalue weighted by atomic mass is 10.0. The Morgan fingerprint density at radius 1 is 1.03 bits per heavy atom. The highest BCUT2D eigenvalue weighted by atomic mass is 32.2. The number of carboxylic acid groups (broad SMARTS) is 1. The van der Waals surface area contributed by atoms with Crippen LogP contribution in [0.1, 0.15) is 18.4 Å². The molecule has 5 rings (SSSR count). The second-order valence-electron chi connectivity index (χ2n) is 8.11. The molecule has 8 heteroatoms. The molecule has 35 heavy (non-hydrogen) atoms. The molecule has 0 aliphatic carbocycles. The van der Waals surface area contributed by atoms with Crippen molar-refractivity contribution in [2.75, 3.05) is 6.54 Å². The van der Waals surface area contributed by atoms with E-state index in [9.17, 15) is 9.59 Å². The zero-order valence-electron chi connectivity index (χ0n) is 18.6. The minimum Gasteiger partial charge on any atom is -0.481 e. The van der Waals surface area contributed by atoms with Gasteiger partial charge in [0.2, 0.25) is 0 Å². The Hall–Kier alpha value is -3.75. The van der Waals surface area contributed by atoms with Crippen molar-refractivity contribution in [1.82, 2.24) is 14.7 Å². The number of hydrogen-bond donors (Lipinski definition) is 1. The summed E-state index contributed by atoms with van der Waals surface area (Å²) in [5, 5.41) is 16.0. The number of aromatic nitrogens is 2. The van der Waals surface area contributed by atoms with Crippen molar-refractivity contribution in [2.45, 2.75) is 12.8 Å². The Labute approximate surface area is 211 Å². The number of thioether (sulfide) groups is 1. The van der Waals surface area contributed by atoms with E-state index in [-0.39, 0.29) is 18.9 Å². The van der Waals surface area contributed by atoms with E-state index < -0.39 is 5.97 Å². The van der Waals surface area contributed by atoms with Crippen LogP contribution in [-0.2, 0) is 9.59 Å². The van der Waals surface area contributed by atoms with Crippen molar-refractivity contribution in [1.29, 1.82) is 0 Å². The lowest BCUT2D eigenvalue weighted by Crippen LogP contribution is -2.29. The molecule has 0 saturated carbocycles. The number of hydrogen-bond acceptors (Lipinski definition) is 5. The Morgan fingerprint density at radius 3 is 2.54 bits per heavy atom. The van der Waals surface area contributed by atoms with E-state index in [1.165, 1.54) is 16.7 Å². The van der Waals surface area contributed by atoms with E-state index in [1.54, 1.807) is 0 Å². The Morgan fingerprint density at radius 2 is 1.77 bits per heavy atom. The van der Waals surface area contributed by atoms with Crippen LogP contribution < -0.4 is 0 Å². The van der Waals surface area contributed by atoms with Gasteiger partial charge in [0.1, 0.15) is 10.0 Å². The summed E-state index contributed by atoms with van der Waals surface area (Å²) in [4.78, 5) is 25.9. The van der Waals surface area contributed by atoms with Gasteiger partial charge in [-0.1, -0.05) is 78.6 Å². The van der Waals surface area contributed by atoms with Crippen molar-refractivity contribution in [2.24, 2.45) is 0 Å². The minimum absolute atomic E-state index is 0.00787. The maximum absolute atomic E-state index is 13.1. The van der Waals surface area contributed by atoms with Gasteiger partial charge in [0.25, 0.3) is 5.91 Å². The maximum Gasteiger partial charge on any atom is 0.303 e. The summed E-state index contributed by atoms with van der Waals surface area (Å²) in [6.07, 6.45) is 4.08. The number of carboxylic acids is 1. The van der Waals surface area contributed by atoms with Crippen molar-refractivity contribution in [3.8, 4) is 16.9 Å². The summed E-state index contributed by atoms with van der Waals surface area (Å²) in [5.74, 6) is -1.10. The standard InChI is InChI=1S/C27H21N3O3S2/c31-24(32)11-6-14-29-26(33)23(35-27(29)34)16-21-17-30(22-9-2-1-3-10-22)28-25(21)20-13-12-18-7-4-5-8-19(18)15-20/h1-5,7-10,12-13,15-17H,6,11,14H2,(H,31,32). The smallest absolute Gasteiger partial charge is 0.303 e. The molecule has 0 unspecified atom stereocenters. The molecule has 0 atom stereocenters. The second-order valence-corrected chi connectivity index (χ2v) is 9.78. The van der Waals surface area contributed by atoms with E-state index in [1.807, 2.05) is 65.5 Å². The number of para-hydroxylation sites is 1. The zero-order valence-corrected chi connectivity index (χ0v) is 20.3. The molecule has 0 bridgehead atoms. The molecule has 2 heterocycles. The Bertz CT molecular complexity index is 1480. The van der Waals surface area contributed by atoms with Gasteiger partial charge in [-0.15, -0.1) is 0 Å². The number of aliphatic carboxylic acids is 1. The van der Waals surface area contributed by atoms with E-state index in [2.05, 4.69) is 24.3 Å². The predicted octanol–water partition coefficient (Wildman–Crippen LogP) is 5.76. The maximum atomic E-state index is 13.1. The molecule has 1 aromatic heterocycles. The summed E-state index contributed by atoms with van der Waals surface area (Å²) in [6, 6.07) is 24.2. The zero-order chi connectivity index (χ0) is 24.4. The predicted molar refractivity (Wildman–Crippen MR) is 143 cm³/mol. The molecular formula is C27H21N3O3S2. The molecule has 6 nitrogen and oxygen atoms in total. The quantitative estimate of drug-likeness (QED) is 0.257. The normalized spacial score (nSPS) is 14.9. The molecule has 0 spiro atoms. The number of amides is 1. The van der Waals surface area contributed by atoms with Crippen molar-refractivity contribution in [3.63, 3.8) is 0 Å². The van der Waals surface area contributed by atoms with Gasteiger partial charge in [-0.05, 0) is 41.5 Å². The first-order chi connectivity index (χ1) is 17.0. The highest BCUT2D eigenvalue weighted by Gasteiger charge is 2.32. The summed E-state index contributed by atoms with van der Waals surface area (Å²) in [7, 11) is 0. The van der Waals surface area contributed by atoms with Crippen LogP contribution in [0.3, 0.4) is 0 Å². The number of rotatable bonds is 7. The summed E-state index contributed by atoms with van der Waals surface area (Å²) < 4.78 is 2.25. The Balaban J connectivity index is 1.54. The first kappa shape index (κ1) is 23.0. The topological polar surface area (TPSA) is 75.4 Å². The fourth-order valence-corrected chi connectivity index (χ4v) is 5.29. The number of nitrogens with zero attached hydrogens (tertiary/aromatic N) is 3. The van der Waals surface area contributed by atoms with Gasteiger partial charge in [0, 0.05) is 30.3 Å². The van der Waals surface area contributed by atoms with Gasteiger partial charge in [-0.25, -0.2) is 4.68 Å². The number of thiocarbonyl (C=S) groups is 1. The molecule has 0 radical (unpaired) electrons. The lowest BCUT2D eigenvalue weighted by Gasteiger charge is -2.13. The van der Waals surface area contributed by atoms with Gasteiger partial charge >= 0.3 is 5.97 Å². The van der Waals surface area contributed by atoms with Crippen molar-refractivity contribution in [3.05, 3.63) is 89.5 Å². The minimum atomic E-state index is -0.890. The highest BCUT2D eigenvalue weighted by Crippen LogP contribution is 2.35. The summed E-state index contributed by atoms with van der Waals surface area (Å²) >= 11 is 6.64. The van der Waals surface area contributed by atoms with Gasteiger partial charge in [-0.3, -0.25) is 14.5 Å². The summed E-state index contributed by atoms with van der Waals surface area (Å²) in [6.45, 7) is 0.287. The summed E-state index contributed by atoms with van der Waals surface area (Å²) in [5.41, 5.74) is 3.42. The molecule has 1 N–H and O–H groups in total. The average molecular weight is 500 g/mol. The molecule has 4 aromatic rings.